The van der Waals surface area contributed by atoms with E-state index < -0.39 is 23.6 Å². The molecule has 3 rings (SSSR count). The number of fused-ring (bicyclic) bond motifs is 1. The van der Waals surface area contributed by atoms with Crippen LogP contribution in [-0.2, 0) is 0 Å². The molecule has 1 heterocycles. The molecule has 0 bridgehead atoms. The van der Waals surface area contributed by atoms with Crippen molar-refractivity contribution >= 4 is 11.7 Å². The van der Waals surface area contributed by atoms with Gasteiger partial charge in [0.05, 0.1) is 6.04 Å². The predicted molar refractivity (Wildman–Crippen MR) is 103 cm³/mol. The minimum atomic E-state index is -1.03. The van der Waals surface area contributed by atoms with Crippen LogP contribution in [0, 0.1) is 5.82 Å². The van der Waals surface area contributed by atoms with Gasteiger partial charge < -0.3 is 14.7 Å². The van der Waals surface area contributed by atoms with Crippen LogP contribution in [0.4, 0.5) is 4.39 Å². The molecule has 1 aliphatic heterocycles. The van der Waals surface area contributed by atoms with E-state index in [0.717, 1.165) is 0 Å². The second-order valence-electron chi connectivity index (χ2n) is 7.55. The summed E-state index contributed by atoms with van der Waals surface area (Å²) in [4.78, 5) is 26.6. The molecule has 0 spiro atoms. The number of likely N-dealkylation sites (N-methyl/N-ethyl adjacent to an activating group) is 1. The van der Waals surface area contributed by atoms with Gasteiger partial charge in [0.1, 0.15) is 23.3 Å². The van der Waals surface area contributed by atoms with Crippen molar-refractivity contribution in [3.63, 3.8) is 0 Å². The number of Topliss-reactive ketones (excluding diaryl/α,β-unsaturated/α-hetero) is 1. The largest absolute Gasteiger partial charge is 0.485 e. The highest BCUT2D eigenvalue weighted by molar-refractivity contribution is 5.96. The van der Waals surface area contributed by atoms with Crippen LogP contribution in [0.2, 0.25) is 0 Å². The lowest BCUT2D eigenvalue weighted by molar-refractivity contribution is -0.0830. The summed E-state index contributed by atoms with van der Waals surface area (Å²) in [7, 11) is 1.58. The molecule has 1 amide bonds. The van der Waals surface area contributed by atoms with Gasteiger partial charge in [-0.05, 0) is 56.3 Å². The summed E-state index contributed by atoms with van der Waals surface area (Å²) < 4.78 is 19.1. The third-order valence-electron chi connectivity index (χ3n) is 5.18. The molecule has 0 saturated heterocycles. The molecule has 28 heavy (non-hydrogen) atoms. The van der Waals surface area contributed by atoms with Crippen LogP contribution in [0.15, 0.2) is 42.5 Å². The topological polar surface area (TPSA) is 66.8 Å². The van der Waals surface area contributed by atoms with E-state index in [4.69, 9.17) is 4.74 Å². The van der Waals surface area contributed by atoms with Crippen LogP contribution in [0.3, 0.4) is 0 Å². The first kappa shape index (κ1) is 20.0. The standard InChI is InChI=1S/C22H24FNO4/c1-5-17(25)14-8-11-18-16(12-14)19(20(26)22(2,3)28-18)24(4)21(27)13-6-9-15(23)10-7-13/h6-12,19-20,26H,5H2,1-4H3. The Morgan fingerprint density at radius 3 is 2.36 bits per heavy atom. The Bertz CT molecular complexity index is 907. The molecule has 2 atom stereocenters. The molecule has 0 radical (unpaired) electrons. The van der Waals surface area contributed by atoms with Crippen molar-refractivity contribution in [2.24, 2.45) is 0 Å². The number of carbonyl (C=O) groups is 2. The van der Waals surface area contributed by atoms with Crippen molar-refractivity contribution in [3.8, 4) is 5.75 Å². The molecule has 2 aromatic carbocycles. The summed E-state index contributed by atoms with van der Waals surface area (Å²) in [5.74, 6) is -0.306. The summed E-state index contributed by atoms with van der Waals surface area (Å²) in [5.41, 5.74) is 0.446. The minimum absolute atomic E-state index is 0.0339. The number of hydrogen-bond donors (Lipinski definition) is 1. The number of halogens is 1. The number of benzene rings is 2. The van der Waals surface area contributed by atoms with Gasteiger partial charge in [-0.25, -0.2) is 4.39 Å². The lowest BCUT2D eigenvalue weighted by atomic mass is 9.84. The molecule has 1 N–H and O–H groups in total. The second kappa shape index (κ2) is 7.36. The highest BCUT2D eigenvalue weighted by Crippen LogP contribution is 2.43. The molecule has 0 fully saturated rings. The normalized spacial score (nSPS) is 20.1. The van der Waals surface area contributed by atoms with E-state index in [1.54, 1.807) is 46.0 Å². The molecule has 2 unspecified atom stereocenters. The maximum atomic E-state index is 13.2. The third-order valence-corrected chi connectivity index (χ3v) is 5.18. The van der Waals surface area contributed by atoms with Crippen molar-refractivity contribution in [1.29, 1.82) is 0 Å². The van der Waals surface area contributed by atoms with Gasteiger partial charge in [-0.1, -0.05) is 6.92 Å². The fourth-order valence-electron chi connectivity index (χ4n) is 3.49. The highest BCUT2D eigenvalue weighted by atomic mass is 19.1. The van der Waals surface area contributed by atoms with Crippen LogP contribution in [0.25, 0.3) is 0 Å². The number of nitrogens with zero attached hydrogens (tertiary/aromatic N) is 1. The van der Waals surface area contributed by atoms with Crippen molar-refractivity contribution in [2.75, 3.05) is 7.05 Å². The summed E-state index contributed by atoms with van der Waals surface area (Å²) in [6.45, 7) is 5.27. The second-order valence-corrected chi connectivity index (χ2v) is 7.55. The molecule has 0 saturated carbocycles. The summed E-state index contributed by atoms with van der Waals surface area (Å²) in [6.07, 6.45) is -0.677. The van der Waals surface area contributed by atoms with E-state index >= 15 is 0 Å². The van der Waals surface area contributed by atoms with E-state index in [-0.39, 0.29) is 11.7 Å². The number of carbonyl (C=O) groups excluding carboxylic acids is 2. The van der Waals surface area contributed by atoms with Crippen LogP contribution < -0.4 is 4.74 Å². The first-order valence-electron chi connectivity index (χ1n) is 9.22. The molecule has 2 aromatic rings. The highest BCUT2D eigenvalue weighted by Gasteiger charge is 2.46. The summed E-state index contributed by atoms with van der Waals surface area (Å²) >= 11 is 0. The monoisotopic (exact) mass is 385 g/mol. The molecule has 148 valence electrons. The molecule has 5 nitrogen and oxygen atoms in total. The van der Waals surface area contributed by atoms with Crippen molar-refractivity contribution in [1.82, 2.24) is 4.90 Å². The number of rotatable bonds is 4. The van der Waals surface area contributed by atoms with E-state index in [0.29, 0.717) is 28.9 Å². The van der Waals surface area contributed by atoms with Crippen molar-refractivity contribution in [3.05, 3.63) is 65.0 Å². The summed E-state index contributed by atoms with van der Waals surface area (Å²) in [5, 5.41) is 11.0. The zero-order chi connectivity index (χ0) is 20.6. The van der Waals surface area contributed by atoms with Gasteiger partial charge in [-0.15, -0.1) is 0 Å². The molecule has 0 aliphatic carbocycles. The quantitative estimate of drug-likeness (QED) is 0.814. The third kappa shape index (κ3) is 3.52. The molecule has 6 heteroatoms. The number of aliphatic hydroxyl groups excluding tert-OH is 1. The average molecular weight is 385 g/mol. The Hall–Kier alpha value is -2.73. The van der Waals surface area contributed by atoms with Gasteiger partial charge in [-0.3, -0.25) is 9.59 Å². The van der Waals surface area contributed by atoms with Crippen LogP contribution >= 0.6 is 0 Å². The molecule has 1 aliphatic rings. The maximum absolute atomic E-state index is 13.2. The van der Waals surface area contributed by atoms with E-state index in [1.165, 1.54) is 29.2 Å². The Kier molecular flexibility index (Phi) is 5.26. The van der Waals surface area contributed by atoms with E-state index in [9.17, 15) is 19.1 Å². The van der Waals surface area contributed by atoms with Gasteiger partial charge in [-0.2, -0.15) is 0 Å². The molecular weight excluding hydrogens is 361 g/mol. The van der Waals surface area contributed by atoms with E-state index in [2.05, 4.69) is 0 Å². The fourth-order valence-corrected chi connectivity index (χ4v) is 3.49. The number of hydrogen-bond acceptors (Lipinski definition) is 4. The minimum Gasteiger partial charge on any atom is -0.485 e. The van der Waals surface area contributed by atoms with Crippen LogP contribution in [0.5, 0.6) is 5.75 Å². The Morgan fingerprint density at radius 2 is 1.75 bits per heavy atom. The number of amides is 1. The zero-order valence-electron chi connectivity index (χ0n) is 16.4. The van der Waals surface area contributed by atoms with Crippen molar-refractivity contribution in [2.45, 2.75) is 44.9 Å². The number of ether oxygens (including phenoxy) is 1. The molecule has 0 aromatic heterocycles. The number of ketones is 1. The average Bonchev–Trinajstić information content (AvgIpc) is 2.67. The van der Waals surface area contributed by atoms with Gasteiger partial charge in [0.25, 0.3) is 5.91 Å². The fraction of sp³-hybridized carbons (Fsp3) is 0.364. The Balaban J connectivity index is 2.06. The molecular formula is C22H24FNO4. The SMILES string of the molecule is CCC(=O)c1ccc2c(c1)C(N(C)C(=O)c1ccc(F)cc1)C(O)C(C)(C)O2. The lowest BCUT2D eigenvalue weighted by Crippen LogP contribution is -2.54. The Morgan fingerprint density at radius 1 is 1.14 bits per heavy atom. The first-order chi connectivity index (χ1) is 13.2. The van der Waals surface area contributed by atoms with Crippen LogP contribution in [-0.4, -0.2) is 40.4 Å². The smallest absolute Gasteiger partial charge is 0.254 e. The van der Waals surface area contributed by atoms with Gasteiger partial charge in [0, 0.05) is 30.2 Å². The number of aliphatic hydroxyl groups is 1. The Labute approximate surface area is 163 Å². The predicted octanol–water partition coefficient (Wildman–Crippen LogP) is 3.76. The van der Waals surface area contributed by atoms with Crippen LogP contribution in [0.1, 0.15) is 59.5 Å². The van der Waals surface area contributed by atoms with E-state index in [1.807, 2.05) is 0 Å². The van der Waals surface area contributed by atoms with Gasteiger partial charge >= 0.3 is 0 Å². The van der Waals surface area contributed by atoms with Gasteiger partial charge in [0.15, 0.2) is 5.78 Å². The lowest BCUT2D eigenvalue weighted by Gasteiger charge is -2.45. The first-order valence-corrected chi connectivity index (χ1v) is 9.22. The van der Waals surface area contributed by atoms with Gasteiger partial charge in [0.2, 0.25) is 0 Å². The maximum Gasteiger partial charge on any atom is 0.254 e. The zero-order valence-corrected chi connectivity index (χ0v) is 16.4. The van der Waals surface area contributed by atoms with Crippen molar-refractivity contribution < 1.29 is 23.8 Å². The summed E-state index contributed by atoms with van der Waals surface area (Å²) in [6, 6.07) is 9.60.